The summed E-state index contributed by atoms with van der Waals surface area (Å²) < 4.78 is 1.78. The first kappa shape index (κ1) is 17.3. The van der Waals surface area contributed by atoms with Crippen LogP contribution in [-0.2, 0) is 0 Å². The Labute approximate surface area is 147 Å². The van der Waals surface area contributed by atoms with Gasteiger partial charge in [-0.25, -0.2) is 14.6 Å². The lowest BCUT2D eigenvalue weighted by atomic mass is 9.94. The first-order chi connectivity index (χ1) is 12.2. The van der Waals surface area contributed by atoms with Gasteiger partial charge in [0, 0.05) is 25.5 Å². The average Bonchev–Trinajstić information content (AvgIpc) is 3.05. The molecule has 1 atom stereocenters. The SMILES string of the molecule is CC(C)CC(CCO)CNc1ncnc2c1cnn2-c1ccncc1. The Morgan fingerprint density at radius 1 is 1.20 bits per heavy atom. The van der Waals surface area contributed by atoms with Crippen LogP contribution in [0, 0.1) is 11.8 Å². The normalized spacial score (nSPS) is 12.6. The lowest BCUT2D eigenvalue weighted by Crippen LogP contribution is -2.18. The molecule has 0 spiro atoms. The molecule has 0 fully saturated rings. The van der Waals surface area contributed by atoms with Crippen LogP contribution in [0.3, 0.4) is 0 Å². The predicted molar refractivity (Wildman–Crippen MR) is 97.6 cm³/mol. The molecule has 7 heteroatoms. The van der Waals surface area contributed by atoms with Crippen LogP contribution >= 0.6 is 0 Å². The summed E-state index contributed by atoms with van der Waals surface area (Å²) in [5.41, 5.74) is 1.67. The fourth-order valence-electron chi connectivity index (χ4n) is 3.05. The van der Waals surface area contributed by atoms with Gasteiger partial charge in [-0.15, -0.1) is 0 Å². The molecule has 0 radical (unpaired) electrons. The number of anilines is 1. The van der Waals surface area contributed by atoms with E-state index in [1.807, 2.05) is 12.1 Å². The van der Waals surface area contributed by atoms with Gasteiger partial charge < -0.3 is 10.4 Å². The van der Waals surface area contributed by atoms with Gasteiger partial charge in [-0.1, -0.05) is 13.8 Å². The first-order valence-electron chi connectivity index (χ1n) is 8.63. The van der Waals surface area contributed by atoms with Crippen LogP contribution in [0.15, 0.2) is 37.1 Å². The summed E-state index contributed by atoms with van der Waals surface area (Å²) in [6.45, 7) is 5.38. The van der Waals surface area contributed by atoms with E-state index in [9.17, 15) is 5.11 Å². The maximum Gasteiger partial charge on any atom is 0.168 e. The fourth-order valence-corrected chi connectivity index (χ4v) is 3.05. The van der Waals surface area contributed by atoms with E-state index in [0.29, 0.717) is 11.8 Å². The highest BCUT2D eigenvalue weighted by atomic mass is 16.3. The van der Waals surface area contributed by atoms with Crippen LogP contribution in [0.4, 0.5) is 5.82 Å². The van der Waals surface area contributed by atoms with E-state index in [2.05, 4.69) is 39.2 Å². The van der Waals surface area contributed by atoms with E-state index < -0.39 is 0 Å². The first-order valence-corrected chi connectivity index (χ1v) is 8.63. The van der Waals surface area contributed by atoms with Crippen molar-refractivity contribution in [3.05, 3.63) is 37.1 Å². The van der Waals surface area contributed by atoms with Crippen molar-refractivity contribution in [2.75, 3.05) is 18.5 Å². The molecule has 0 saturated heterocycles. The van der Waals surface area contributed by atoms with Crippen LogP contribution in [0.2, 0.25) is 0 Å². The predicted octanol–water partition coefficient (Wildman–Crippen LogP) is 2.67. The van der Waals surface area contributed by atoms with Crippen molar-refractivity contribution in [2.45, 2.75) is 26.7 Å². The third-order valence-electron chi connectivity index (χ3n) is 4.17. The summed E-state index contributed by atoms with van der Waals surface area (Å²) in [7, 11) is 0. The zero-order chi connectivity index (χ0) is 17.6. The third kappa shape index (κ3) is 4.11. The number of rotatable bonds is 8. The lowest BCUT2D eigenvalue weighted by molar-refractivity contribution is 0.247. The summed E-state index contributed by atoms with van der Waals surface area (Å²) in [4.78, 5) is 12.8. The summed E-state index contributed by atoms with van der Waals surface area (Å²) in [6.07, 6.45) is 8.64. The van der Waals surface area contributed by atoms with E-state index in [1.165, 1.54) is 0 Å². The molecule has 3 rings (SSSR count). The number of aromatic nitrogens is 5. The summed E-state index contributed by atoms with van der Waals surface area (Å²) >= 11 is 0. The maximum absolute atomic E-state index is 9.28. The average molecular weight is 340 g/mol. The molecule has 25 heavy (non-hydrogen) atoms. The molecular weight excluding hydrogens is 316 g/mol. The van der Waals surface area contributed by atoms with Gasteiger partial charge in [-0.2, -0.15) is 5.10 Å². The van der Waals surface area contributed by atoms with Crippen molar-refractivity contribution in [1.29, 1.82) is 0 Å². The molecule has 3 aromatic rings. The van der Waals surface area contributed by atoms with Crippen LogP contribution in [0.5, 0.6) is 0 Å². The monoisotopic (exact) mass is 340 g/mol. The van der Waals surface area contributed by atoms with Crippen molar-refractivity contribution in [3.8, 4) is 5.69 Å². The zero-order valence-electron chi connectivity index (χ0n) is 14.6. The molecular formula is C18H24N6O. The summed E-state index contributed by atoms with van der Waals surface area (Å²) in [5, 5.41) is 18.0. The van der Waals surface area contributed by atoms with Crippen LogP contribution in [0.1, 0.15) is 26.7 Å². The van der Waals surface area contributed by atoms with E-state index >= 15 is 0 Å². The number of fused-ring (bicyclic) bond motifs is 1. The molecule has 0 aromatic carbocycles. The van der Waals surface area contributed by atoms with Gasteiger partial charge in [-0.05, 0) is 36.8 Å². The molecule has 2 N–H and O–H groups in total. The van der Waals surface area contributed by atoms with Gasteiger partial charge in [0.05, 0.1) is 17.3 Å². The topological polar surface area (TPSA) is 88.8 Å². The van der Waals surface area contributed by atoms with E-state index in [1.54, 1.807) is 29.6 Å². The number of aliphatic hydroxyl groups excluding tert-OH is 1. The van der Waals surface area contributed by atoms with Gasteiger partial charge in [-0.3, -0.25) is 4.98 Å². The Morgan fingerprint density at radius 2 is 2.00 bits per heavy atom. The van der Waals surface area contributed by atoms with Gasteiger partial charge in [0.1, 0.15) is 12.1 Å². The quantitative estimate of drug-likeness (QED) is 0.655. The molecule has 132 valence electrons. The second kappa shape index (κ2) is 8.02. The minimum atomic E-state index is 0.207. The summed E-state index contributed by atoms with van der Waals surface area (Å²) in [6, 6.07) is 3.78. The van der Waals surface area contributed by atoms with Gasteiger partial charge >= 0.3 is 0 Å². The van der Waals surface area contributed by atoms with Crippen LogP contribution in [-0.4, -0.2) is 43.0 Å². The smallest absolute Gasteiger partial charge is 0.168 e. The second-order valence-electron chi connectivity index (χ2n) is 6.61. The Hall–Kier alpha value is -2.54. The molecule has 7 nitrogen and oxygen atoms in total. The largest absolute Gasteiger partial charge is 0.396 e. The molecule has 0 aliphatic heterocycles. The number of aliphatic hydroxyl groups is 1. The highest BCUT2D eigenvalue weighted by Crippen LogP contribution is 2.22. The van der Waals surface area contributed by atoms with Crippen molar-refractivity contribution in [3.63, 3.8) is 0 Å². The van der Waals surface area contributed by atoms with Gasteiger partial charge in [0.2, 0.25) is 0 Å². The molecule has 0 aliphatic rings. The Bertz CT molecular complexity index is 802. The minimum absolute atomic E-state index is 0.207. The highest BCUT2D eigenvalue weighted by Gasteiger charge is 2.14. The Balaban J connectivity index is 1.82. The number of nitrogens with zero attached hydrogens (tertiary/aromatic N) is 5. The molecule has 3 aromatic heterocycles. The van der Waals surface area contributed by atoms with Crippen LogP contribution < -0.4 is 5.32 Å². The second-order valence-corrected chi connectivity index (χ2v) is 6.61. The number of pyridine rings is 1. The van der Waals surface area contributed by atoms with Crippen molar-refractivity contribution >= 4 is 16.9 Å². The Kier molecular flexibility index (Phi) is 5.55. The molecule has 0 amide bonds. The maximum atomic E-state index is 9.28. The van der Waals surface area contributed by atoms with Crippen LogP contribution in [0.25, 0.3) is 16.7 Å². The summed E-state index contributed by atoms with van der Waals surface area (Å²) in [5.74, 6) is 1.78. The van der Waals surface area contributed by atoms with Gasteiger partial charge in [0.25, 0.3) is 0 Å². The van der Waals surface area contributed by atoms with Gasteiger partial charge in [0.15, 0.2) is 5.65 Å². The van der Waals surface area contributed by atoms with E-state index in [4.69, 9.17) is 0 Å². The van der Waals surface area contributed by atoms with Crippen molar-refractivity contribution < 1.29 is 5.11 Å². The molecule has 0 saturated carbocycles. The van der Waals surface area contributed by atoms with Crippen molar-refractivity contribution in [1.82, 2.24) is 24.7 Å². The molecule has 0 bridgehead atoms. The molecule has 1 unspecified atom stereocenters. The fraction of sp³-hybridized carbons (Fsp3) is 0.444. The van der Waals surface area contributed by atoms with E-state index in [-0.39, 0.29) is 6.61 Å². The number of hydrogen-bond donors (Lipinski definition) is 2. The standard InChI is InChI=1S/C18H24N6O/c1-13(2)9-14(5-8-25)10-20-17-16-11-23-24(18(16)22-12-21-17)15-3-6-19-7-4-15/h3-4,6-7,11-14,25H,5,8-10H2,1-2H3,(H,20,21,22). The molecule has 3 heterocycles. The minimum Gasteiger partial charge on any atom is -0.396 e. The third-order valence-corrected chi connectivity index (χ3v) is 4.17. The lowest BCUT2D eigenvalue weighted by Gasteiger charge is -2.19. The van der Waals surface area contributed by atoms with Crippen molar-refractivity contribution in [2.24, 2.45) is 11.8 Å². The van der Waals surface area contributed by atoms with E-state index in [0.717, 1.165) is 41.9 Å². The highest BCUT2D eigenvalue weighted by molar-refractivity contribution is 5.87. The number of hydrogen-bond acceptors (Lipinski definition) is 6. The Morgan fingerprint density at radius 3 is 2.72 bits per heavy atom. The zero-order valence-corrected chi connectivity index (χ0v) is 14.6. The number of nitrogens with one attached hydrogen (secondary N) is 1. The molecule has 0 aliphatic carbocycles.